The Morgan fingerprint density at radius 3 is 2.35 bits per heavy atom. The summed E-state index contributed by atoms with van der Waals surface area (Å²) >= 11 is 0. The lowest BCUT2D eigenvalue weighted by atomic mass is 9.86. The number of halogens is 1. The molecule has 4 rings (SSSR count). The zero-order valence-corrected chi connectivity index (χ0v) is 18.9. The molecule has 0 spiro atoms. The standard InChI is InChI=1S/C26H34FN3O/c1-26(2,3)20-9-7-19(8-10-20)18-24-23-6-4-15-29(23)16-5-17-30(24)25(31)28-22-13-11-21(27)12-14-22/h7-14,23-24H,4-6,15-18H2,1-3H3,(H,28,31)/t23-,24?/m0/s1. The third-order valence-electron chi connectivity index (χ3n) is 6.72. The smallest absolute Gasteiger partial charge is 0.320 e. The zero-order chi connectivity index (χ0) is 22.0. The van der Waals surface area contributed by atoms with Crippen LogP contribution >= 0.6 is 0 Å². The van der Waals surface area contributed by atoms with E-state index in [-0.39, 0.29) is 23.3 Å². The van der Waals surface area contributed by atoms with Crippen LogP contribution in [0.3, 0.4) is 0 Å². The van der Waals surface area contributed by atoms with Gasteiger partial charge in [0.15, 0.2) is 0 Å². The Balaban J connectivity index is 1.56. The normalized spacial score (nSPS) is 22.1. The van der Waals surface area contributed by atoms with Gasteiger partial charge in [-0.05, 0) is 73.0 Å². The Kier molecular flexibility index (Phi) is 6.33. The number of amides is 2. The van der Waals surface area contributed by atoms with E-state index in [1.165, 1.54) is 29.7 Å². The highest BCUT2D eigenvalue weighted by Gasteiger charge is 2.39. The lowest BCUT2D eigenvalue weighted by Gasteiger charge is -2.36. The van der Waals surface area contributed by atoms with E-state index in [9.17, 15) is 9.18 Å². The minimum atomic E-state index is -0.300. The molecule has 2 saturated heterocycles. The highest BCUT2D eigenvalue weighted by atomic mass is 19.1. The van der Waals surface area contributed by atoms with Gasteiger partial charge in [0.1, 0.15) is 5.82 Å². The van der Waals surface area contributed by atoms with Gasteiger partial charge >= 0.3 is 6.03 Å². The van der Waals surface area contributed by atoms with Gasteiger partial charge in [-0.3, -0.25) is 4.90 Å². The summed E-state index contributed by atoms with van der Waals surface area (Å²) in [5.41, 5.74) is 3.36. The first-order chi connectivity index (χ1) is 14.8. The van der Waals surface area contributed by atoms with Crippen LogP contribution in [-0.2, 0) is 11.8 Å². The molecule has 2 atom stereocenters. The number of nitrogens with one attached hydrogen (secondary N) is 1. The minimum absolute atomic E-state index is 0.0864. The molecule has 4 nitrogen and oxygen atoms in total. The average Bonchev–Trinajstić information content (AvgIpc) is 3.13. The SMILES string of the molecule is CC(C)(C)c1ccc(CC2[C@@H]3CCCN3CCCN2C(=O)Nc2ccc(F)cc2)cc1. The quantitative estimate of drug-likeness (QED) is 0.714. The molecule has 2 aromatic rings. The Morgan fingerprint density at radius 1 is 1.00 bits per heavy atom. The molecule has 2 aliphatic rings. The van der Waals surface area contributed by atoms with Crippen molar-refractivity contribution >= 4 is 11.7 Å². The molecule has 1 N–H and O–H groups in total. The molecule has 0 radical (unpaired) electrons. The molecule has 2 aromatic carbocycles. The fourth-order valence-electron chi connectivity index (χ4n) is 4.99. The predicted octanol–water partition coefficient (Wildman–Crippen LogP) is 5.44. The highest BCUT2D eigenvalue weighted by molar-refractivity contribution is 5.89. The van der Waals surface area contributed by atoms with Gasteiger partial charge in [-0.15, -0.1) is 0 Å². The van der Waals surface area contributed by atoms with E-state index in [2.05, 4.69) is 55.3 Å². The first-order valence-corrected chi connectivity index (χ1v) is 11.5. The van der Waals surface area contributed by atoms with Crippen LogP contribution in [0.25, 0.3) is 0 Å². The molecule has 5 heteroatoms. The number of carbonyl (C=O) groups excluding carboxylic acids is 1. The second-order valence-electron chi connectivity index (χ2n) is 9.95. The summed E-state index contributed by atoms with van der Waals surface area (Å²) < 4.78 is 13.3. The van der Waals surface area contributed by atoms with E-state index in [1.807, 2.05) is 4.90 Å². The Bertz CT molecular complexity index is 888. The summed E-state index contributed by atoms with van der Waals surface area (Å²) in [6.45, 7) is 9.59. The lowest BCUT2D eigenvalue weighted by Crippen LogP contribution is -2.51. The van der Waals surface area contributed by atoms with Crippen LogP contribution in [0.15, 0.2) is 48.5 Å². The van der Waals surface area contributed by atoms with Crippen molar-refractivity contribution in [1.82, 2.24) is 9.80 Å². The zero-order valence-electron chi connectivity index (χ0n) is 18.9. The highest BCUT2D eigenvalue weighted by Crippen LogP contribution is 2.30. The Labute approximate surface area is 185 Å². The first-order valence-electron chi connectivity index (χ1n) is 11.5. The van der Waals surface area contributed by atoms with E-state index < -0.39 is 0 Å². The van der Waals surface area contributed by atoms with Gasteiger partial charge in [-0.2, -0.15) is 0 Å². The number of fused-ring (bicyclic) bond motifs is 1. The van der Waals surface area contributed by atoms with Crippen molar-refractivity contribution in [2.24, 2.45) is 0 Å². The number of urea groups is 1. The molecule has 0 bridgehead atoms. The van der Waals surface area contributed by atoms with Crippen molar-refractivity contribution in [3.8, 4) is 0 Å². The van der Waals surface area contributed by atoms with E-state index in [0.717, 1.165) is 38.9 Å². The van der Waals surface area contributed by atoms with Gasteiger partial charge in [-0.1, -0.05) is 45.0 Å². The van der Waals surface area contributed by atoms with Crippen molar-refractivity contribution in [2.45, 2.75) is 64.0 Å². The van der Waals surface area contributed by atoms with Crippen LogP contribution in [0, 0.1) is 5.82 Å². The molecular weight excluding hydrogens is 389 g/mol. The fraction of sp³-hybridized carbons (Fsp3) is 0.500. The molecular formula is C26H34FN3O. The third-order valence-corrected chi connectivity index (χ3v) is 6.72. The van der Waals surface area contributed by atoms with E-state index in [4.69, 9.17) is 0 Å². The summed E-state index contributed by atoms with van der Waals surface area (Å²) in [6.07, 6.45) is 4.15. The Morgan fingerprint density at radius 2 is 1.68 bits per heavy atom. The van der Waals surface area contributed by atoms with Gasteiger partial charge < -0.3 is 10.2 Å². The van der Waals surface area contributed by atoms with Crippen LogP contribution in [0.1, 0.15) is 51.2 Å². The number of hydrogen-bond acceptors (Lipinski definition) is 2. The number of hydrogen-bond donors (Lipinski definition) is 1. The van der Waals surface area contributed by atoms with Gasteiger partial charge in [0.2, 0.25) is 0 Å². The van der Waals surface area contributed by atoms with Crippen LogP contribution in [0.2, 0.25) is 0 Å². The number of carbonyl (C=O) groups is 1. The van der Waals surface area contributed by atoms with Crippen LogP contribution in [-0.4, -0.2) is 47.5 Å². The summed E-state index contributed by atoms with van der Waals surface area (Å²) in [6, 6.07) is 15.3. The molecule has 2 heterocycles. The maximum absolute atomic E-state index is 13.3. The lowest BCUT2D eigenvalue weighted by molar-refractivity contribution is 0.153. The molecule has 0 aliphatic carbocycles. The maximum atomic E-state index is 13.3. The summed E-state index contributed by atoms with van der Waals surface area (Å²) in [5, 5.41) is 2.99. The topological polar surface area (TPSA) is 35.6 Å². The second-order valence-corrected chi connectivity index (χ2v) is 9.95. The largest absolute Gasteiger partial charge is 0.322 e. The van der Waals surface area contributed by atoms with Gasteiger partial charge in [-0.25, -0.2) is 9.18 Å². The molecule has 2 aliphatic heterocycles. The average molecular weight is 424 g/mol. The van der Waals surface area contributed by atoms with Crippen LogP contribution in [0.5, 0.6) is 0 Å². The molecule has 2 fully saturated rings. The second kappa shape index (κ2) is 8.99. The minimum Gasteiger partial charge on any atom is -0.320 e. The molecule has 0 aromatic heterocycles. The van der Waals surface area contributed by atoms with Crippen molar-refractivity contribution in [3.63, 3.8) is 0 Å². The van der Waals surface area contributed by atoms with Gasteiger partial charge in [0, 0.05) is 24.8 Å². The monoisotopic (exact) mass is 423 g/mol. The van der Waals surface area contributed by atoms with Gasteiger partial charge in [0.25, 0.3) is 0 Å². The molecule has 166 valence electrons. The summed E-state index contributed by atoms with van der Waals surface area (Å²) in [4.78, 5) is 17.9. The Hall–Kier alpha value is -2.40. The molecule has 1 unspecified atom stereocenters. The molecule has 31 heavy (non-hydrogen) atoms. The number of rotatable bonds is 3. The van der Waals surface area contributed by atoms with Crippen LogP contribution in [0.4, 0.5) is 14.9 Å². The van der Waals surface area contributed by atoms with Crippen molar-refractivity contribution in [1.29, 1.82) is 0 Å². The van der Waals surface area contributed by atoms with E-state index in [0.29, 0.717) is 11.7 Å². The molecule has 0 saturated carbocycles. The maximum Gasteiger partial charge on any atom is 0.322 e. The third kappa shape index (κ3) is 5.09. The van der Waals surface area contributed by atoms with Crippen molar-refractivity contribution in [3.05, 3.63) is 65.5 Å². The molecule has 2 amide bonds. The number of nitrogens with zero attached hydrogens (tertiary/aromatic N) is 2. The van der Waals surface area contributed by atoms with Crippen molar-refractivity contribution in [2.75, 3.05) is 25.0 Å². The first kappa shape index (κ1) is 21.8. The van der Waals surface area contributed by atoms with E-state index in [1.54, 1.807) is 12.1 Å². The number of anilines is 1. The van der Waals surface area contributed by atoms with Crippen LogP contribution < -0.4 is 5.32 Å². The van der Waals surface area contributed by atoms with Crippen molar-refractivity contribution < 1.29 is 9.18 Å². The predicted molar refractivity (Wildman–Crippen MR) is 124 cm³/mol. The fourth-order valence-corrected chi connectivity index (χ4v) is 4.99. The van der Waals surface area contributed by atoms with Gasteiger partial charge in [0.05, 0.1) is 6.04 Å². The van der Waals surface area contributed by atoms with E-state index >= 15 is 0 Å². The summed E-state index contributed by atoms with van der Waals surface area (Å²) in [7, 11) is 0. The summed E-state index contributed by atoms with van der Waals surface area (Å²) in [5.74, 6) is -0.300. The number of benzene rings is 2.